The molecule has 0 aromatic heterocycles. The zero-order chi connectivity index (χ0) is 13.8. The summed E-state index contributed by atoms with van der Waals surface area (Å²) in [7, 11) is 1.98. The maximum Gasteiger partial charge on any atom is 0.191 e. The van der Waals surface area contributed by atoms with E-state index in [0.29, 0.717) is 29.3 Å². The zero-order valence-electron chi connectivity index (χ0n) is 11.3. The molecule has 0 aliphatic heterocycles. The van der Waals surface area contributed by atoms with Gasteiger partial charge < -0.3 is 15.4 Å². The standard InChI is InChI=1S/C14H20ClN3O/c1-10(19-13-6-4-3-5-12(13)15)9-17-14(16)18(2)11-7-8-11/h3-6,10-11H,7-9H2,1-2H3,(H2,16,17). The van der Waals surface area contributed by atoms with Crippen LogP contribution in [0, 0.1) is 0 Å². The third-order valence-electron chi connectivity index (χ3n) is 3.13. The Labute approximate surface area is 119 Å². The summed E-state index contributed by atoms with van der Waals surface area (Å²) in [5.41, 5.74) is 5.92. The Kier molecular flexibility index (Phi) is 4.53. The van der Waals surface area contributed by atoms with Crippen LogP contribution in [0.4, 0.5) is 0 Å². The Bertz CT molecular complexity index is 460. The second-order valence-corrected chi connectivity index (χ2v) is 5.31. The fourth-order valence-electron chi connectivity index (χ4n) is 1.78. The maximum atomic E-state index is 6.04. The molecule has 1 atom stereocenters. The van der Waals surface area contributed by atoms with Gasteiger partial charge in [0.05, 0.1) is 11.6 Å². The summed E-state index contributed by atoms with van der Waals surface area (Å²) in [4.78, 5) is 6.39. The van der Waals surface area contributed by atoms with E-state index in [0.717, 1.165) is 0 Å². The monoisotopic (exact) mass is 281 g/mol. The number of rotatable bonds is 5. The van der Waals surface area contributed by atoms with Gasteiger partial charge in [0.1, 0.15) is 11.9 Å². The van der Waals surface area contributed by atoms with Crippen molar-refractivity contribution in [2.45, 2.75) is 31.9 Å². The molecule has 2 rings (SSSR count). The lowest BCUT2D eigenvalue weighted by Crippen LogP contribution is -2.36. The molecule has 1 aromatic rings. The molecule has 0 radical (unpaired) electrons. The smallest absolute Gasteiger partial charge is 0.191 e. The molecule has 0 saturated heterocycles. The fourth-order valence-corrected chi connectivity index (χ4v) is 1.96. The molecular formula is C14H20ClN3O. The van der Waals surface area contributed by atoms with Crippen LogP contribution >= 0.6 is 11.6 Å². The Morgan fingerprint density at radius 1 is 1.53 bits per heavy atom. The van der Waals surface area contributed by atoms with Crippen molar-refractivity contribution in [3.05, 3.63) is 29.3 Å². The Morgan fingerprint density at radius 3 is 2.84 bits per heavy atom. The highest BCUT2D eigenvalue weighted by Gasteiger charge is 2.27. The van der Waals surface area contributed by atoms with E-state index in [4.69, 9.17) is 22.1 Å². The average Bonchev–Trinajstić information content (AvgIpc) is 3.22. The van der Waals surface area contributed by atoms with Gasteiger partial charge in [0, 0.05) is 13.1 Å². The van der Waals surface area contributed by atoms with Gasteiger partial charge in [-0.05, 0) is 31.9 Å². The normalized spacial score (nSPS) is 17.1. The molecule has 4 nitrogen and oxygen atoms in total. The van der Waals surface area contributed by atoms with E-state index < -0.39 is 0 Å². The number of halogens is 1. The molecule has 19 heavy (non-hydrogen) atoms. The third kappa shape index (κ3) is 4.03. The molecule has 5 heteroatoms. The van der Waals surface area contributed by atoms with Crippen molar-refractivity contribution >= 4 is 17.6 Å². The van der Waals surface area contributed by atoms with E-state index in [-0.39, 0.29) is 6.10 Å². The summed E-state index contributed by atoms with van der Waals surface area (Å²) in [6.07, 6.45) is 2.35. The molecular weight excluding hydrogens is 262 g/mol. The molecule has 104 valence electrons. The van der Waals surface area contributed by atoms with Crippen LogP contribution in [0.1, 0.15) is 19.8 Å². The lowest BCUT2D eigenvalue weighted by Gasteiger charge is -2.18. The molecule has 1 aromatic carbocycles. The summed E-state index contributed by atoms with van der Waals surface area (Å²) >= 11 is 6.04. The van der Waals surface area contributed by atoms with Crippen molar-refractivity contribution in [3.63, 3.8) is 0 Å². The predicted octanol–water partition coefficient (Wildman–Crippen LogP) is 2.52. The van der Waals surface area contributed by atoms with E-state index in [1.165, 1.54) is 12.8 Å². The van der Waals surface area contributed by atoms with Crippen LogP contribution in [0.15, 0.2) is 29.3 Å². The molecule has 1 unspecified atom stereocenters. The minimum Gasteiger partial charge on any atom is -0.487 e. The maximum absolute atomic E-state index is 6.04. The molecule has 0 bridgehead atoms. The van der Waals surface area contributed by atoms with Crippen molar-refractivity contribution in [2.24, 2.45) is 10.7 Å². The molecule has 0 spiro atoms. The minimum atomic E-state index is -0.0638. The third-order valence-corrected chi connectivity index (χ3v) is 3.44. The lowest BCUT2D eigenvalue weighted by molar-refractivity contribution is 0.230. The first-order valence-corrected chi connectivity index (χ1v) is 6.89. The van der Waals surface area contributed by atoms with Crippen LogP contribution < -0.4 is 10.5 Å². The Morgan fingerprint density at radius 2 is 2.21 bits per heavy atom. The second kappa shape index (κ2) is 6.15. The van der Waals surface area contributed by atoms with E-state index in [9.17, 15) is 0 Å². The number of nitrogens with zero attached hydrogens (tertiary/aromatic N) is 2. The topological polar surface area (TPSA) is 50.8 Å². The lowest BCUT2D eigenvalue weighted by atomic mass is 10.3. The summed E-state index contributed by atoms with van der Waals surface area (Å²) in [5.74, 6) is 1.26. The second-order valence-electron chi connectivity index (χ2n) is 4.90. The number of nitrogens with two attached hydrogens (primary N) is 1. The average molecular weight is 282 g/mol. The highest BCUT2D eigenvalue weighted by Crippen LogP contribution is 2.25. The highest BCUT2D eigenvalue weighted by atomic mass is 35.5. The zero-order valence-corrected chi connectivity index (χ0v) is 12.1. The van der Waals surface area contributed by atoms with E-state index >= 15 is 0 Å². The van der Waals surface area contributed by atoms with Gasteiger partial charge in [-0.3, -0.25) is 0 Å². The largest absolute Gasteiger partial charge is 0.487 e. The minimum absolute atomic E-state index is 0.0638. The molecule has 1 fully saturated rings. The first-order valence-electron chi connectivity index (χ1n) is 6.52. The number of para-hydroxylation sites is 1. The number of hydrogen-bond acceptors (Lipinski definition) is 2. The SMILES string of the molecule is CC(CN=C(N)N(C)C1CC1)Oc1ccccc1Cl. The van der Waals surface area contributed by atoms with Crippen LogP contribution in [0.5, 0.6) is 5.75 Å². The molecule has 1 saturated carbocycles. The van der Waals surface area contributed by atoms with Gasteiger partial charge in [-0.25, -0.2) is 4.99 Å². The first kappa shape index (κ1) is 14.0. The van der Waals surface area contributed by atoms with Gasteiger partial charge in [-0.2, -0.15) is 0 Å². The number of hydrogen-bond donors (Lipinski definition) is 1. The molecule has 1 aliphatic rings. The van der Waals surface area contributed by atoms with Crippen LogP contribution in [0.25, 0.3) is 0 Å². The van der Waals surface area contributed by atoms with Gasteiger partial charge in [0.25, 0.3) is 0 Å². The van der Waals surface area contributed by atoms with Crippen molar-refractivity contribution in [1.82, 2.24) is 4.90 Å². The van der Waals surface area contributed by atoms with Crippen LogP contribution in [0.2, 0.25) is 5.02 Å². The summed E-state index contributed by atoms with van der Waals surface area (Å²) in [6.45, 7) is 2.48. The van der Waals surface area contributed by atoms with Gasteiger partial charge in [-0.15, -0.1) is 0 Å². The Hall–Kier alpha value is -1.42. The van der Waals surface area contributed by atoms with Crippen molar-refractivity contribution < 1.29 is 4.74 Å². The van der Waals surface area contributed by atoms with Crippen molar-refractivity contribution in [3.8, 4) is 5.75 Å². The summed E-state index contributed by atoms with van der Waals surface area (Å²) in [5, 5.41) is 0.612. The van der Waals surface area contributed by atoms with Crippen molar-refractivity contribution in [1.29, 1.82) is 0 Å². The number of guanidine groups is 1. The summed E-state index contributed by atoms with van der Waals surface area (Å²) < 4.78 is 5.74. The van der Waals surface area contributed by atoms with E-state index in [1.807, 2.05) is 43.1 Å². The van der Waals surface area contributed by atoms with Crippen molar-refractivity contribution in [2.75, 3.05) is 13.6 Å². The molecule has 1 aliphatic carbocycles. The van der Waals surface area contributed by atoms with Gasteiger partial charge in [0.15, 0.2) is 5.96 Å². The molecule has 2 N–H and O–H groups in total. The number of aliphatic imine (C=N–C) groups is 1. The van der Waals surface area contributed by atoms with Crippen LogP contribution in [-0.4, -0.2) is 36.6 Å². The number of ether oxygens (including phenoxy) is 1. The summed E-state index contributed by atoms with van der Waals surface area (Å²) in [6, 6.07) is 8.00. The highest BCUT2D eigenvalue weighted by molar-refractivity contribution is 6.32. The predicted molar refractivity (Wildman–Crippen MR) is 78.8 cm³/mol. The first-order chi connectivity index (χ1) is 9.08. The van der Waals surface area contributed by atoms with Gasteiger partial charge in [-0.1, -0.05) is 23.7 Å². The van der Waals surface area contributed by atoms with Gasteiger partial charge >= 0.3 is 0 Å². The Balaban J connectivity index is 1.85. The quantitative estimate of drug-likeness (QED) is 0.666. The molecule has 0 heterocycles. The van der Waals surface area contributed by atoms with Crippen LogP contribution in [-0.2, 0) is 0 Å². The van der Waals surface area contributed by atoms with Gasteiger partial charge in [0.2, 0.25) is 0 Å². The number of benzene rings is 1. The van der Waals surface area contributed by atoms with Crippen LogP contribution in [0.3, 0.4) is 0 Å². The van der Waals surface area contributed by atoms with E-state index in [1.54, 1.807) is 0 Å². The molecule has 0 amide bonds. The van der Waals surface area contributed by atoms with E-state index in [2.05, 4.69) is 4.99 Å². The fraction of sp³-hybridized carbons (Fsp3) is 0.500.